The normalized spacial score (nSPS) is 10.1. The van der Waals surface area contributed by atoms with Crippen molar-refractivity contribution < 1.29 is 14.3 Å². The van der Waals surface area contributed by atoms with Crippen molar-refractivity contribution in [3.8, 4) is 5.75 Å². The van der Waals surface area contributed by atoms with E-state index in [0.29, 0.717) is 17.9 Å². The predicted molar refractivity (Wildman–Crippen MR) is 98.8 cm³/mol. The van der Waals surface area contributed by atoms with Crippen molar-refractivity contribution >= 4 is 17.5 Å². The van der Waals surface area contributed by atoms with Gasteiger partial charge in [0.05, 0.1) is 11.3 Å². The number of primary amides is 1. The van der Waals surface area contributed by atoms with Crippen LogP contribution in [0.15, 0.2) is 55.1 Å². The molecule has 0 aliphatic heterocycles. The molecule has 0 unspecified atom stereocenters. The summed E-state index contributed by atoms with van der Waals surface area (Å²) >= 11 is 0. The zero-order valence-corrected chi connectivity index (χ0v) is 14.2. The molecule has 0 aliphatic carbocycles. The van der Waals surface area contributed by atoms with Crippen molar-refractivity contribution in [2.75, 3.05) is 11.9 Å². The van der Waals surface area contributed by atoms with Gasteiger partial charge in [-0.05, 0) is 42.2 Å². The van der Waals surface area contributed by atoms with Crippen molar-refractivity contribution in [2.24, 2.45) is 5.73 Å². The lowest BCUT2D eigenvalue weighted by Crippen LogP contribution is -2.24. The fraction of sp³-hybridized carbons (Fsp3) is 0.200. The van der Waals surface area contributed by atoms with Gasteiger partial charge >= 0.3 is 0 Å². The third kappa shape index (κ3) is 4.94. The highest BCUT2D eigenvalue weighted by Gasteiger charge is 2.15. The maximum Gasteiger partial charge on any atom is 0.262 e. The van der Waals surface area contributed by atoms with Crippen molar-refractivity contribution in [2.45, 2.75) is 19.8 Å². The van der Waals surface area contributed by atoms with Gasteiger partial charge in [-0.1, -0.05) is 37.3 Å². The van der Waals surface area contributed by atoms with Crippen LogP contribution in [0.4, 0.5) is 5.69 Å². The van der Waals surface area contributed by atoms with Crippen LogP contribution >= 0.6 is 0 Å². The van der Waals surface area contributed by atoms with Crippen molar-refractivity contribution in [3.05, 3.63) is 71.8 Å². The molecule has 2 aromatic carbocycles. The Bertz CT molecular complexity index is 767. The summed E-state index contributed by atoms with van der Waals surface area (Å²) in [5.41, 5.74) is 8.04. The molecular formula is C20H22N2O3. The topological polar surface area (TPSA) is 81.4 Å². The van der Waals surface area contributed by atoms with E-state index in [0.717, 1.165) is 12.0 Å². The van der Waals surface area contributed by atoms with Crippen LogP contribution in [0.1, 0.15) is 28.4 Å². The van der Waals surface area contributed by atoms with Gasteiger partial charge in [0.1, 0.15) is 5.75 Å². The number of ether oxygens (including phenoxy) is 1. The van der Waals surface area contributed by atoms with E-state index in [1.807, 2.05) is 30.3 Å². The lowest BCUT2D eigenvalue weighted by atomic mass is 10.0. The number of hydrogen-bond donors (Lipinski definition) is 2. The van der Waals surface area contributed by atoms with Gasteiger partial charge in [-0.25, -0.2) is 0 Å². The summed E-state index contributed by atoms with van der Waals surface area (Å²) in [6.07, 6.45) is 3.15. The first-order valence-corrected chi connectivity index (χ1v) is 8.09. The van der Waals surface area contributed by atoms with Crippen molar-refractivity contribution in [1.82, 2.24) is 0 Å². The maximum absolute atomic E-state index is 12.2. The fourth-order valence-corrected chi connectivity index (χ4v) is 2.42. The van der Waals surface area contributed by atoms with Crippen LogP contribution < -0.4 is 15.8 Å². The highest BCUT2D eigenvalue weighted by molar-refractivity contribution is 6.04. The molecule has 130 valence electrons. The number of amides is 2. The SMILES string of the molecule is C=CCc1cccc(C(N)=O)c1NC(=O)COc1ccc(CC)cc1. The van der Waals surface area contributed by atoms with Gasteiger partial charge in [0.2, 0.25) is 0 Å². The Hall–Kier alpha value is -3.08. The zero-order chi connectivity index (χ0) is 18.2. The van der Waals surface area contributed by atoms with Gasteiger partial charge < -0.3 is 15.8 Å². The molecule has 5 nitrogen and oxygen atoms in total. The number of benzene rings is 2. The molecular weight excluding hydrogens is 316 g/mol. The monoisotopic (exact) mass is 338 g/mol. The molecule has 2 rings (SSSR count). The van der Waals surface area contributed by atoms with Crippen LogP contribution in [-0.2, 0) is 17.6 Å². The molecule has 25 heavy (non-hydrogen) atoms. The first-order chi connectivity index (χ1) is 12.0. The second kappa shape index (κ2) is 8.68. The zero-order valence-electron chi connectivity index (χ0n) is 14.2. The van der Waals surface area contributed by atoms with Gasteiger partial charge in [-0.15, -0.1) is 6.58 Å². The minimum atomic E-state index is -0.600. The van der Waals surface area contributed by atoms with E-state index in [9.17, 15) is 9.59 Å². The molecule has 0 saturated heterocycles. The Labute approximate surface area is 147 Å². The number of nitrogens with one attached hydrogen (secondary N) is 1. The Morgan fingerprint density at radius 3 is 2.52 bits per heavy atom. The molecule has 0 aromatic heterocycles. The molecule has 0 bridgehead atoms. The van der Waals surface area contributed by atoms with Crippen molar-refractivity contribution in [1.29, 1.82) is 0 Å². The van der Waals surface area contributed by atoms with Gasteiger partial charge in [0, 0.05) is 0 Å². The van der Waals surface area contributed by atoms with Crippen molar-refractivity contribution in [3.63, 3.8) is 0 Å². The Morgan fingerprint density at radius 1 is 1.20 bits per heavy atom. The lowest BCUT2D eigenvalue weighted by Gasteiger charge is -2.14. The summed E-state index contributed by atoms with van der Waals surface area (Å²) in [5, 5.41) is 2.73. The average molecular weight is 338 g/mol. The largest absolute Gasteiger partial charge is 0.484 e. The molecule has 0 aliphatic rings. The van der Waals surface area contributed by atoms with Crippen LogP contribution in [0, 0.1) is 0 Å². The Balaban J connectivity index is 2.08. The third-order valence-corrected chi connectivity index (χ3v) is 3.75. The summed E-state index contributed by atoms with van der Waals surface area (Å²) in [6.45, 7) is 5.60. The van der Waals surface area contributed by atoms with Gasteiger partial charge in [-0.3, -0.25) is 9.59 Å². The summed E-state index contributed by atoms with van der Waals surface area (Å²) < 4.78 is 5.49. The molecule has 0 spiro atoms. The molecule has 0 radical (unpaired) electrons. The summed E-state index contributed by atoms with van der Waals surface area (Å²) in [5.74, 6) is -0.349. The van der Waals surface area contributed by atoms with E-state index < -0.39 is 5.91 Å². The number of anilines is 1. The van der Waals surface area contributed by atoms with Crippen LogP contribution in [-0.4, -0.2) is 18.4 Å². The standard InChI is InChI=1S/C20H22N2O3/c1-3-6-15-7-5-8-17(20(21)24)19(15)22-18(23)13-25-16-11-9-14(4-2)10-12-16/h3,5,7-12H,1,4,6,13H2,2H3,(H2,21,24)(H,22,23). The highest BCUT2D eigenvalue weighted by atomic mass is 16.5. The number of carbonyl (C=O) groups is 2. The van der Waals surface area contributed by atoms with E-state index in [4.69, 9.17) is 10.5 Å². The first-order valence-electron chi connectivity index (χ1n) is 8.09. The lowest BCUT2D eigenvalue weighted by molar-refractivity contribution is -0.118. The predicted octanol–water partition coefficient (Wildman–Crippen LogP) is 3.09. The summed E-state index contributed by atoms with van der Waals surface area (Å²) in [6, 6.07) is 12.7. The molecule has 0 heterocycles. The van der Waals surface area contributed by atoms with E-state index in [-0.39, 0.29) is 18.1 Å². The summed E-state index contributed by atoms with van der Waals surface area (Å²) in [7, 11) is 0. The third-order valence-electron chi connectivity index (χ3n) is 3.75. The Kier molecular flexibility index (Phi) is 6.34. The average Bonchev–Trinajstić information content (AvgIpc) is 2.61. The summed E-state index contributed by atoms with van der Waals surface area (Å²) in [4.78, 5) is 23.8. The quantitative estimate of drug-likeness (QED) is 0.726. The van der Waals surface area contributed by atoms with Gasteiger partial charge in [0.25, 0.3) is 11.8 Å². The van der Waals surface area contributed by atoms with E-state index in [2.05, 4.69) is 18.8 Å². The van der Waals surface area contributed by atoms with E-state index >= 15 is 0 Å². The van der Waals surface area contributed by atoms with Gasteiger partial charge in [-0.2, -0.15) is 0 Å². The molecule has 2 aromatic rings. The van der Waals surface area contributed by atoms with E-state index in [1.165, 1.54) is 5.56 Å². The number of allylic oxidation sites excluding steroid dienone is 1. The number of nitrogens with two attached hydrogens (primary N) is 1. The fourth-order valence-electron chi connectivity index (χ4n) is 2.42. The van der Waals surface area contributed by atoms with Crippen LogP contribution in [0.3, 0.4) is 0 Å². The second-order valence-electron chi connectivity index (χ2n) is 5.53. The number of carbonyl (C=O) groups excluding carboxylic acids is 2. The minimum absolute atomic E-state index is 0.161. The number of para-hydroxylation sites is 1. The molecule has 0 fully saturated rings. The molecule has 0 atom stereocenters. The first kappa shape index (κ1) is 18.3. The number of rotatable bonds is 8. The molecule has 5 heteroatoms. The van der Waals surface area contributed by atoms with Crippen LogP contribution in [0.25, 0.3) is 0 Å². The van der Waals surface area contributed by atoms with Crippen LogP contribution in [0.5, 0.6) is 5.75 Å². The Morgan fingerprint density at radius 2 is 1.92 bits per heavy atom. The minimum Gasteiger partial charge on any atom is -0.484 e. The molecule has 0 saturated carbocycles. The second-order valence-corrected chi connectivity index (χ2v) is 5.53. The molecule has 3 N–H and O–H groups in total. The van der Waals surface area contributed by atoms with Crippen LogP contribution in [0.2, 0.25) is 0 Å². The van der Waals surface area contributed by atoms with Gasteiger partial charge in [0.15, 0.2) is 6.61 Å². The highest BCUT2D eigenvalue weighted by Crippen LogP contribution is 2.22. The van der Waals surface area contributed by atoms with E-state index in [1.54, 1.807) is 18.2 Å². The maximum atomic E-state index is 12.2. The smallest absolute Gasteiger partial charge is 0.262 e. The number of hydrogen-bond acceptors (Lipinski definition) is 3. The number of aryl methyl sites for hydroxylation is 1. The molecule has 2 amide bonds.